The molecule has 26 heavy (non-hydrogen) atoms. The molecule has 0 aliphatic rings. The van der Waals surface area contributed by atoms with Crippen LogP contribution in [0.3, 0.4) is 0 Å². The number of hydrogen-bond acceptors (Lipinski definition) is 5. The van der Waals surface area contributed by atoms with Gasteiger partial charge in [0, 0.05) is 0 Å². The van der Waals surface area contributed by atoms with E-state index in [0.717, 1.165) is 16.0 Å². The van der Waals surface area contributed by atoms with Gasteiger partial charge in [0.15, 0.2) is 0 Å². The highest BCUT2D eigenvalue weighted by atomic mass is 32.1. The largest absolute Gasteiger partial charge is 0.338 e. The molecule has 0 aliphatic heterocycles. The Balaban J connectivity index is 1.54. The summed E-state index contributed by atoms with van der Waals surface area (Å²) in [4.78, 5) is 5.41. The highest BCUT2D eigenvalue weighted by molar-refractivity contribution is 7.13. The van der Waals surface area contributed by atoms with Crippen LogP contribution >= 0.6 is 11.3 Å². The first-order chi connectivity index (χ1) is 12.8. The summed E-state index contributed by atoms with van der Waals surface area (Å²) in [6, 6.07) is 20.3. The SMILES string of the molecule is Fc1ccc(C(NCc2nc(-c3cccs3)no2)c2ccccc2)cc1. The van der Waals surface area contributed by atoms with Crippen molar-refractivity contribution in [2.75, 3.05) is 0 Å². The molecule has 1 atom stereocenters. The van der Waals surface area contributed by atoms with Gasteiger partial charge in [0.1, 0.15) is 5.82 Å². The first-order valence-electron chi connectivity index (χ1n) is 8.20. The van der Waals surface area contributed by atoms with Crippen LogP contribution in [0, 0.1) is 5.82 Å². The molecule has 0 bridgehead atoms. The van der Waals surface area contributed by atoms with Crippen LogP contribution in [0.15, 0.2) is 76.6 Å². The number of aromatic nitrogens is 2. The van der Waals surface area contributed by atoms with Crippen molar-refractivity contribution in [1.29, 1.82) is 0 Å². The normalized spacial score (nSPS) is 12.2. The summed E-state index contributed by atoms with van der Waals surface area (Å²) >= 11 is 1.57. The predicted molar refractivity (Wildman–Crippen MR) is 99.1 cm³/mol. The lowest BCUT2D eigenvalue weighted by molar-refractivity contribution is 0.363. The number of thiophene rings is 1. The minimum absolute atomic E-state index is 0.103. The number of hydrogen-bond donors (Lipinski definition) is 1. The molecule has 1 unspecified atom stereocenters. The zero-order valence-electron chi connectivity index (χ0n) is 13.8. The molecular weight excluding hydrogens is 349 g/mol. The smallest absolute Gasteiger partial charge is 0.240 e. The molecule has 0 radical (unpaired) electrons. The zero-order chi connectivity index (χ0) is 17.8. The highest BCUT2D eigenvalue weighted by Gasteiger charge is 2.16. The van der Waals surface area contributed by atoms with E-state index in [0.29, 0.717) is 18.3 Å². The number of halogens is 1. The fourth-order valence-electron chi connectivity index (χ4n) is 2.75. The van der Waals surface area contributed by atoms with E-state index in [1.807, 2.05) is 47.8 Å². The minimum atomic E-state index is -0.252. The summed E-state index contributed by atoms with van der Waals surface area (Å²) < 4.78 is 18.6. The maximum atomic E-state index is 13.3. The molecular formula is C20H16FN3OS. The maximum Gasteiger partial charge on any atom is 0.240 e. The maximum absolute atomic E-state index is 13.3. The van der Waals surface area contributed by atoms with Gasteiger partial charge in [-0.1, -0.05) is 53.7 Å². The molecule has 0 spiro atoms. The summed E-state index contributed by atoms with van der Waals surface area (Å²) in [7, 11) is 0. The predicted octanol–water partition coefficient (Wildman–Crippen LogP) is 4.82. The van der Waals surface area contributed by atoms with Gasteiger partial charge in [0.05, 0.1) is 17.5 Å². The molecule has 130 valence electrons. The Morgan fingerprint density at radius 1 is 0.962 bits per heavy atom. The third kappa shape index (κ3) is 3.71. The van der Waals surface area contributed by atoms with E-state index in [1.54, 1.807) is 23.5 Å². The van der Waals surface area contributed by atoms with E-state index in [4.69, 9.17) is 4.52 Å². The van der Waals surface area contributed by atoms with Gasteiger partial charge >= 0.3 is 0 Å². The lowest BCUT2D eigenvalue weighted by atomic mass is 9.98. The first kappa shape index (κ1) is 16.6. The van der Waals surface area contributed by atoms with Crippen LogP contribution < -0.4 is 5.32 Å². The third-order valence-corrected chi connectivity index (χ3v) is 4.87. The summed E-state index contributed by atoms with van der Waals surface area (Å²) in [5, 5.41) is 9.44. The van der Waals surface area contributed by atoms with Crippen molar-refractivity contribution in [2.45, 2.75) is 12.6 Å². The topological polar surface area (TPSA) is 51.0 Å². The van der Waals surface area contributed by atoms with Crippen molar-refractivity contribution in [1.82, 2.24) is 15.5 Å². The van der Waals surface area contributed by atoms with E-state index in [9.17, 15) is 4.39 Å². The molecule has 6 heteroatoms. The highest BCUT2D eigenvalue weighted by Crippen LogP contribution is 2.24. The van der Waals surface area contributed by atoms with Gasteiger partial charge in [-0.15, -0.1) is 11.3 Å². The second-order valence-corrected chi connectivity index (χ2v) is 6.71. The average Bonchev–Trinajstić information content (AvgIpc) is 3.36. The first-order valence-corrected chi connectivity index (χ1v) is 9.08. The van der Waals surface area contributed by atoms with E-state index in [2.05, 4.69) is 15.5 Å². The van der Waals surface area contributed by atoms with Crippen molar-refractivity contribution in [3.63, 3.8) is 0 Å². The Morgan fingerprint density at radius 3 is 2.46 bits per heavy atom. The Morgan fingerprint density at radius 2 is 1.73 bits per heavy atom. The standard InChI is InChI=1S/C20H16FN3OS/c21-16-10-8-15(9-11-16)19(14-5-2-1-3-6-14)22-13-18-23-20(24-25-18)17-7-4-12-26-17/h1-12,19,22H,13H2. The van der Waals surface area contributed by atoms with Gasteiger partial charge in [-0.2, -0.15) is 4.98 Å². The van der Waals surface area contributed by atoms with Gasteiger partial charge in [-0.25, -0.2) is 4.39 Å². The van der Waals surface area contributed by atoms with Crippen molar-refractivity contribution in [3.8, 4) is 10.7 Å². The third-order valence-electron chi connectivity index (χ3n) is 4.00. The fraction of sp³-hybridized carbons (Fsp3) is 0.100. The van der Waals surface area contributed by atoms with Crippen LogP contribution in [0.1, 0.15) is 23.1 Å². The molecule has 0 saturated carbocycles. The van der Waals surface area contributed by atoms with Crippen LogP contribution in [0.4, 0.5) is 4.39 Å². The Bertz CT molecular complexity index is 952. The van der Waals surface area contributed by atoms with Gasteiger partial charge in [-0.05, 0) is 34.7 Å². The second kappa shape index (κ2) is 7.59. The van der Waals surface area contributed by atoms with Crippen LogP contribution in [0.2, 0.25) is 0 Å². The van der Waals surface area contributed by atoms with Crippen LogP contribution in [-0.2, 0) is 6.54 Å². The minimum Gasteiger partial charge on any atom is -0.338 e. The lowest BCUT2D eigenvalue weighted by Gasteiger charge is -2.19. The molecule has 0 amide bonds. The van der Waals surface area contributed by atoms with E-state index in [1.165, 1.54) is 12.1 Å². The van der Waals surface area contributed by atoms with Crippen molar-refractivity contribution < 1.29 is 8.91 Å². The van der Waals surface area contributed by atoms with E-state index < -0.39 is 0 Å². The van der Waals surface area contributed by atoms with Gasteiger partial charge in [-0.3, -0.25) is 5.32 Å². The van der Waals surface area contributed by atoms with E-state index in [-0.39, 0.29) is 11.9 Å². The summed E-state index contributed by atoms with van der Waals surface area (Å²) in [6.45, 7) is 0.412. The average molecular weight is 365 g/mol. The van der Waals surface area contributed by atoms with Crippen LogP contribution in [-0.4, -0.2) is 10.1 Å². The molecule has 4 aromatic rings. The summed E-state index contributed by atoms with van der Waals surface area (Å²) in [5.41, 5.74) is 2.05. The Kier molecular flexibility index (Phi) is 4.86. The van der Waals surface area contributed by atoms with Crippen LogP contribution in [0.5, 0.6) is 0 Å². The number of rotatable bonds is 6. The molecule has 4 rings (SSSR count). The number of benzene rings is 2. The Hall–Kier alpha value is -2.83. The molecule has 1 N–H and O–H groups in total. The molecule has 2 aromatic carbocycles. The molecule has 2 aromatic heterocycles. The Labute approximate surface area is 154 Å². The molecule has 2 heterocycles. The summed E-state index contributed by atoms with van der Waals surface area (Å²) in [5.74, 6) is 0.851. The summed E-state index contributed by atoms with van der Waals surface area (Å²) in [6.07, 6.45) is 0. The molecule has 0 saturated heterocycles. The quantitative estimate of drug-likeness (QED) is 0.532. The molecule has 0 aliphatic carbocycles. The second-order valence-electron chi connectivity index (χ2n) is 5.77. The number of nitrogens with one attached hydrogen (secondary N) is 1. The van der Waals surface area contributed by atoms with Crippen molar-refractivity contribution >= 4 is 11.3 Å². The van der Waals surface area contributed by atoms with Crippen LogP contribution in [0.25, 0.3) is 10.7 Å². The monoisotopic (exact) mass is 365 g/mol. The number of nitrogens with zero attached hydrogens (tertiary/aromatic N) is 2. The zero-order valence-corrected chi connectivity index (χ0v) is 14.6. The fourth-order valence-corrected chi connectivity index (χ4v) is 3.40. The van der Waals surface area contributed by atoms with E-state index >= 15 is 0 Å². The van der Waals surface area contributed by atoms with Gasteiger partial charge < -0.3 is 4.52 Å². The van der Waals surface area contributed by atoms with Crippen molar-refractivity contribution in [3.05, 3.63) is 94.9 Å². The molecule has 4 nitrogen and oxygen atoms in total. The lowest BCUT2D eigenvalue weighted by Crippen LogP contribution is -2.22. The van der Waals surface area contributed by atoms with Gasteiger partial charge in [0.25, 0.3) is 0 Å². The van der Waals surface area contributed by atoms with Gasteiger partial charge in [0.2, 0.25) is 11.7 Å². The molecule has 0 fully saturated rings. The van der Waals surface area contributed by atoms with Crippen molar-refractivity contribution in [2.24, 2.45) is 0 Å².